The lowest BCUT2D eigenvalue weighted by Crippen LogP contribution is -2.34. The molecule has 2 amide bonds. The first-order valence-electron chi connectivity index (χ1n) is 8.75. The van der Waals surface area contributed by atoms with E-state index in [2.05, 4.69) is 10.1 Å². The first kappa shape index (κ1) is 21.1. The minimum atomic E-state index is -2.88. The average Bonchev–Trinajstić information content (AvgIpc) is 2.67. The van der Waals surface area contributed by atoms with Crippen LogP contribution in [0.4, 0.5) is 14.5 Å². The van der Waals surface area contributed by atoms with Crippen molar-refractivity contribution in [1.82, 2.24) is 4.90 Å². The number of aryl methyl sites for hydroxylation is 1. The molecule has 0 bridgehead atoms. The molecule has 0 radical (unpaired) electrons. The molecule has 2 aromatic carbocycles. The number of anilines is 1. The number of hydrogen-bond donors (Lipinski definition) is 1. The zero-order chi connectivity index (χ0) is 20.5. The molecule has 0 aliphatic rings. The predicted molar refractivity (Wildman–Crippen MR) is 104 cm³/mol. The number of alkyl halides is 2. The van der Waals surface area contributed by atoms with E-state index in [1.54, 1.807) is 12.1 Å². The lowest BCUT2D eigenvalue weighted by atomic mass is 10.1. The van der Waals surface area contributed by atoms with Crippen molar-refractivity contribution in [3.8, 4) is 5.75 Å². The van der Waals surface area contributed by atoms with Gasteiger partial charge in [0, 0.05) is 18.8 Å². The average molecular weight is 388 g/mol. The van der Waals surface area contributed by atoms with Gasteiger partial charge in [0.1, 0.15) is 5.75 Å². The number of halogens is 2. The van der Waals surface area contributed by atoms with Gasteiger partial charge >= 0.3 is 6.61 Å². The van der Waals surface area contributed by atoms with E-state index in [4.69, 9.17) is 0 Å². The summed E-state index contributed by atoms with van der Waals surface area (Å²) in [5, 5.41) is 2.81. The number of benzene rings is 2. The van der Waals surface area contributed by atoms with Crippen LogP contribution in [0.3, 0.4) is 0 Å². The number of nitrogens with zero attached hydrogens (tertiary/aromatic N) is 1. The van der Waals surface area contributed by atoms with Gasteiger partial charge in [0.25, 0.3) is 0 Å². The van der Waals surface area contributed by atoms with Gasteiger partial charge in [0.15, 0.2) is 0 Å². The van der Waals surface area contributed by atoms with Crippen LogP contribution >= 0.6 is 0 Å². The van der Waals surface area contributed by atoms with Crippen molar-refractivity contribution in [3.05, 3.63) is 65.7 Å². The molecule has 0 fully saturated rings. The lowest BCUT2D eigenvalue weighted by Gasteiger charge is -2.16. The summed E-state index contributed by atoms with van der Waals surface area (Å²) in [5.74, 6) is -0.606. The van der Waals surface area contributed by atoms with Gasteiger partial charge in [-0.2, -0.15) is 8.78 Å². The quantitative estimate of drug-likeness (QED) is 0.697. The normalized spacial score (nSPS) is 10.9. The molecule has 0 atom stereocenters. The monoisotopic (exact) mass is 388 g/mol. The molecule has 28 heavy (non-hydrogen) atoms. The molecule has 148 valence electrons. The molecule has 5 nitrogen and oxygen atoms in total. The highest BCUT2D eigenvalue weighted by atomic mass is 19.3. The Kier molecular flexibility index (Phi) is 7.68. The van der Waals surface area contributed by atoms with Crippen LogP contribution in [-0.2, 0) is 16.0 Å². The predicted octanol–water partition coefficient (Wildman–Crippen LogP) is 3.96. The first-order valence-corrected chi connectivity index (χ1v) is 8.75. The minimum Gasteiger partial charge on any atom is -0.435 e. The van der Waals surface area contributed by atoms with Gasteiger partial charge in [-0.1, -0.05) is 37.3 Å². The van der Waals surface area contributed by atoms with E-state index in [1.807, 2.05) is 31.2 Å². The Hall–Kier alpha value is -3.22. The molecule has 0 aromatic heterocycles. The van der Waals surface area contributed by atoms with Gasteiger partial charge in [-0.05, 0) is 41.8 Å². The second-order valence-electron chi connectivity index (χ2n) is 6.03. The molecule has 2 rings (SSSR count). The van der Waals surface area contributed by atoms with E-state index in [0.717, 1.165) is 17.7 Å². The second-order valence-corrected chi connectivity index (χ2v) is 6.03. The van der Waals surface area contributed by atoms with Crippen molar-refractivity contribution in [3.63, 3.8) is 0 Å². The maximum Gasteiger partial charge on any atom is 0.387 e. The summed E-state index contributed by atoms with van der Waals surface area (Å²) in [7, 11) is 1.53. The Morgan fingerprint density at radius 1 is 1.14 bits per heavy atom. The number of likely N-dealkylation sites (N-methyl/N-ethyl adjacent to an activating group) is 1. The molecular weight excluding hydrogens is 366 g/mol. The van der Waals surface area contributed by atoms with Crippen molar-refractivity contribution in [2.24, 2.45) is 0 Å². The molecule has 0 unspecified atom stereocenters. The van der Waals surface area contributed by atoms with E-state index < -0.39 is 6.61 Å². The number of rotatable bonds is 8. The van der Waals surface area contributed by atoms with Gasteiger partial charge in [0.2, 0.25) is 11.8 Å². The van der Waals surface area contributed by atoms with Gasteiger partial charge < -0.3 is 15.0 Å². The summed E-state index contributed by atoms with van der Waals surface area (Å²) in [6, 6.07) is 13.4. The highest BCUT2D eigenvalue weighted by Gasteiger charge is 2.12. The Morgan fingerprint density at radius 3 is 2.46 bits per heavy atom. The molecule has 0 aliphatic heterocycles. The fraction of sp³-hybridized carbons (Fsp3) is 0.238. The molecular formula is C21H22F2N2O3. The molecule has 0 saturated carbocycles. The van der Waals surface area contributed by atoms with Gasteiger partial charge in [0.05, 0.1) is 6.54 Å². The topological polar surface area (TPSA) is 58.6 Å². The number of para-hydroxylation sites is 1. The van der Waals surface area contributed by atoms with E-state index in [1.165, 1.54) is 36.2 Å². The Morgan fingerprint density at radius 2 is 1.82 bits per heavy atom. The highest BCUT2D eigenvalue weighted by molar-refractivity contribution is 5.98. The largest absolute Gasteiger partial charge is 0.435 e. The van der Waals surface area contributed by atoms with Crippen LogP contribution in [0.5, 0.6) is 5.75 Å². The Balaban J connectivity index is 1.89. The number of nitrogens with one attached hydrogen (secondary N) is 1. The summed E-state index contributed by atoms with van der Waals surface area (Å²) in [5.41, 5.74) is 2.39. The van der Waals surface area contributed by atoms with Crippen molar-refractivity contribution in [2.75, 3.05) is 18.9 Å². The molecule has 7 heteroatoms. The summed E-state index contributed by atoms with van der Waals surface area (Å²) >= 11 is 0. The first-order chi connectivity index (χ1) is 13.4. The zero-order valence-electron chi connectivity index (χ0n) is 15.7. The summed E-state index contributed by atoms with van der Waals surface area (Å²) in [6.07, 6.45) is 3.64. The molecule has 2 aromatic rings. The minimum absolute atomic E-state index is 0.0413. The fourth-order valence-electron chi connectivity index (χ4n) is 2.49. The van der Waals surface area contributed by atoms with Crippen LogP contribution in [0.25, 0.3) is 6.08 Å². The summed E-state index contributed by atoms with van der Waals surface area (Å²) < 4.78 is 28.5. The molecule has 1 N–H and O–H groups in total. The Bertz CT molecular complexity index is 836. The standard InChI is InChI=1S/C21H22F2N2O3/c1-3-16-6-4-5-7-18(16)24-19(26)14-25(2)20(27)13-10-15-8-11-17(12-9-15)28-21(22)23/h4-13,21H,3,14H2,1-2H3,(H,24,26). The summed E-state index contributed by atoms with van der Waals surface area (Å²) in [6.45, 7) is -0.980. The summed E-state index contributed by atoms with van der Waals surface area (Å²) in [4.78, 5) is 25.7. The van der Waals surface area contributed by atoms with Gasteiger partial charge in [-0.25, -0.2) is 0 Å². The zero-order valence-corrected chi connectivity index (χ0v) is 15.7. The lowest BCUT2D eigenvalue weighted by molar-refractivity contribution is -0.129. The van der Waals surface area contributed by atoms with Crippen molar-refractivity contribution >= 4 is 23.6 Å². The third-order valence-electron chi connectivity index (χ3n) is 3.95. The number of amides is 2. The van der Waals surface area contributed by atoms with E-state index >= 15 is 0 Å². The van der Waals surface area contributed by atoms with Crippen LogP contribution in [0.1, 0.15) is 18.1 Å². The highest BCUT2D eigenvalue weighted by Crippen LogP contribution is 2.16. The number of hydrogen-bond acceptors (Lipinski definition) is 3. The van der Waals surface area contributed by atoms with E-state index in [9.17, 15) is 18.4 Å². The number of carbonyl (C=O) groups excluding carboxylic acids is 2. The maximum atomic E-state index is 12.2. The Labute approximate surface area is 162 Å². The third kappa shape index (κ3) is 6.50. The van der Waals surface area contributed by atoms with Crippen molar-refractivity contribution < 1.29 is 23.1 Å². The number of ether oxygens (including phenoxy) is 1. The SMILES string of the molecule is CCc1ccccc1NC(=O)CN(C)C(=O)C=Cc1ccc(OC(F)F)cc1. The van der Waals surface area contributed by atoms with Crippen molar-refractivity contribution in [2.45, 2.75) is 20.0 Å². The van der Waals surface area contributed by atoms with Crippen LogP contribution in [0, 0.1) is 0 Å². The van der Waals surface area contributed by atoms with Gasteiger partial charge in [-0.3, -0.25) is 9.59 Å². The second kappa shape index (κ2) is 10.2. The molecule has 0 aliphatic carbocycles. The van der Waals surface area contributed by atoms with E-state index in [-0.39, 0.29) is 24.1 Å². The smallest absolute Gasteiger partial charge is 0.387 e. The van der Waals surface area contributed by atoms with Crippen LogP contribution in [-0.4, -0.2) is 36.9 Å². The molecule has 0 spiro atoms. The van der Waals surface area contributed by atoms with Crippen LogP contribution < -0.4 is 10.1 Å². The molecule has 0 heterocycles. The third-order valence-corrected chi connectivity index (χ3v) is 3.95. The van der Waals surface area contributed by atoms with Crippen molar-refractivity contribution in [1.29, 1.82) is 0 Å². The molecule has 0 saturated heterocycles. The maximum absolute atomic E-state index is 12.2. The van der Waals surface area contributed by atoms with Gasteiger partial charge in [-0.15, -0.1) is 0 Å². The number of carbonyl (C=O) groups is 2. The van der Waals surface area contributed by atoms with Crippen LogP contribution in [0.15, 0.2) is 54.6 Å². The van der Waals surface area contributed by atoms with Crippen LogP contribution in [0.2, 0.25) is 0 Å². The van der Waals surface area contributed by atoms with E-state index in [0.29, 0.717) is 5.56 Å². The fourth-order valence-corrected chi connectivity index (χ4v) is 2.49.